The molecule has 0 unspecified atom stereocenters. The van der Waals surface area contributed by atoms with Gasteiger partial charge in [-0.2, -0.15) is 0 Å². The van der Waals surface area contributed by atoms with E-state index in [2.05, 4.69) is 125 Å². The summed E-state index contributed by atoms with van der Waals surface area (Å²) < 4.78 is 11.9. The molecule has 0 bridgehead atoms. The Labute approximate surface area is 261 Å². The number of hydrogen-bond donors (Lipinski definition) is 0. The number of hydrogen-bond acceptors (Lipinski definition) is 3. The zero-order valence-corrected chi connectivity index (χ0v) is 25.6. The molecule has 9 aromatic rings. The molecule has 0 aliphatic carbocycles. The molecule has 11 rings (SSSR count). The standard InChI is InChI=1S/C38H23BN2OS2/c1-43-30-16-8-14-27-33(30)34-31(44-2)18-17-25-37(34)40(27)38-32-23-10-4-6-15-28(23)42-29(32)19-24-22-12-7-11-21-20-9-3-5-13-26(20)41(36(21)22)39(25)35(24)38/h3-19H,1-2H3. The lowest BCUT2D eigenvalue weighted by atomic mass is 9.45. The van der Waals surface area contributed by atoms with Crippen molar-refractivity contribution in [3.63, 3.8) is 0 Å². The first-order chi connectivity index (χ1) is 21.8. The second-order valence-electron chi connectivity index (χ2n) is 11.9. The lowest BCUT2D eigenvalue weighted by Gasteiger charge is -2.34. The van der Waals surface area contributed by atoms with E-state index in [1.807, 2.05) is 23.5 Å². The van der Waals surface area contributed by atoms with Gasteiger partial charge in [0, 0.05) is 53.3 Å². The maximum atomic E-state index is 6.70. The number of benzene rings is 6. The Hall–Kier alpha value is -4.52. The van der Waals surface area contributed by atoms with Crippen LogP contribution in [-0.2, 0) is 0 Å². The Morgan fingerprint density at radius 1 is 0.591 bits per heavy atom. The van der Waals surface area contributed by atoms with Crippen LogP contribution in [-0.4, -0.2) is 28.4 Å². The van der Waals surface area contributed by atoms with Crippen LogP contribution in [0.3, 0.4) is 0 Å². The van der Waals surface area contributed by atoms with Crippen molar-refractivity contribution in [2.24, 2.45) is 0 Å². The quantitative estimate of drug-likeness (QED) is 0.146. The second-order valence-corrected chi connectivity index (χ2v) is 13.6. The highest BCUT2D eigenvalue weighted by atomic mass is 32.2. The van der Waals surface area contributed by atoms with Gasteiger partial charge in [-0.25, -0.2) is 0 Å². The first-order valence-corrected chi connectivity index (χ1v) is 17.4. The van der Waals surface area contributed by atoms with Crippen LogP contribution < -0.4 is 10.9 Å². The summed E-state index contributed by atoms with van der Waals surface area (Å²) in [5.41, 5.74) is 13.6. The van der Waals surface area contributed by atoms with E-state index in [9.17, 15) is 0 Å². The molecular weight excluding hydrogens is 575 g/mol. The number of fused-ring (bicyclic) bond motifs is 14. The third-order valence-electron chi connectivity index (χ3n) is 10.1. The molecule has 206 valence electrons. The zero-order chi connectivity index (χ0) is 28.8. The molecule has 0 saturated heterocycles. The normalized spacial score (nSPS) is 13.4. The average molecular weight is 599 g/mol. The fourth-order valence-electron chi connectivity index (χ4n) is 8.52. The van der Waals surface area contributed by atoms with Crippen LogP contribution in [0.15, 0.2) is 117 Å². The van der Waals surface area contributed by atoms with Gasteiger partial charge in [0.1, 0.15) is 11.2 Å². The highest BCUT2D eigenvalue weighted by molar-refractivity contribution is 7.99. The third-order valence-corrected chi connectivity index (χ3v) is 11.6. The molecule has 6 aromatic carbocycles. The van der Waals surface area contributed by atoms with Gasteiger partial charge in [-0.1, -0.05) is 66.7 Å². The predicted molar refractivity (Wildman–Crippen MR) is 190 cm³/mol. The van der Waals surface area contributed by atoms with Gasteiger partial charge in [-0.15, -0.1) is 23.5 Å². The minimum atomic E-state index is 0.0308. The molecule has 3 nitrogen and oxygen atoms in total. The second kappa shape index (κ2) is 8.14. The Bertz CT molecular complexity index is 2770. The largest absolute Gasteiger partial charge is 0.456 e. The van der Waals surface area contributed by atoms with E-state index in [1.54, 1.807) is 0 Å². The first-order valence-electron chi connectivity index (χ1n) is 15.0. The van der Waals surface area contributed by atoms with E-state index in [4.69, 9.17) is 4.42 Å². The van der Waals surface area contributed by atoms with E-state index in [0.29, 0.717) is 0 Å². The van der Waals surface area contributed by atoms with Crippen molar-refractivity contribution in [3.8, 4) is 16.8 Å². The lowest BCUT2D eigenvalue weighted by Crippen LogP contribution is -2.55. The Balaban J connectivity index is 1.49. The summed E-state index contributed by atoms with van der Waals surface area (Å²) in [6.45, 7) is 0.0308. The van der Waals surface area contributed by atoms with Gasteiger partial charge >= 0.3 is 6.85 Å². The Morgan fingerprint density at radius 3 is 2.23 bits per heavy atom. The van der Waals surface area contributed by atoms with Gasteiger partial charge in [0.05, 0.1) is 22.1 Å². The lowest BCUT2D eigenvalue weighted by molar-refractivity contribution is 0.669. The van der Waals surface area contributed by atoms with E-state index >= 15 is 0 Å². The van der Waals surface area contributed by atoms with Gasteiger partial charge < -0.3 is 13.5 Å². The summed E-state index contributed by atoms with van der Waals surface area (Å²) in [6, 6.07) is 38.2. The number of rotatable bonds is 2. The highest BCUT2D eigenvalue weighted by Gasteiger charge is 2.43. The number of para-hydroxylation sites is 3. The maximum Gasteiger partial charge on any atom is 0.333 e. The van der Waals surface area contributed by atoms with Gasteiger partial charge in [0.15, 0.2) is 0 Å². The Morgan fingerprint density at radius 2 is 1.34 bits per heavy atom. The fourth-order valence-corrected chi connectivity index (χ4v) is 9.75. The highest BCUT2D eigenvalue weighted by Crippen LogP contribution is 2.48. The van der Waals surface area contributed by atoms with E-state index in [-0.39, 0.29) is 6.85 Å². The predicted octanol–water partition coefficient (Wildman–Crippen LogP) is 9.18. The maximum absolute atomic E-state index is 6.70. The van der Waals surface area contributed by atoms with E-state index in [1.165, 1.54) is 91.9 Å². The van der Waals surface area contributed by atoms with Crippen LogP contribution in [0, 0.1) is 0 Å². The van der Waals surface area contributed by atoms with Crippen LogP contribution >= 0.6 is 23.5 Å². The smallest absolute Gasteiger partial charge is 0.333 e. The van der Waals surface area contributed by atoms with Crippen LogP contribution in [0.1, 0.15) is 0 Å². The van der Waals surface area contributed by atoms with E-state index < -0.39 is 0 Å². The Kier molecular flexibility index (Phi) is 4.42. The molecule has 0 radical (unpaired) electrons. The number of aromatic nitrogens is 2. The summed E-state index contributed by atoms with van der Waals surface area (Å²) in [5, 5.41) is 7.69. The van der Waals surface area contributed by atoms with Crippen molar-refractivity contribution < 1.29 is 4.42 Å². The molecule has 0 N–H and O–H groups in total. The zero-order valence-electron chi connectivity index (χ0n) is 24.0. The number of thioether (sulfide) groups is 2. The van der Waals surface area contributed by atoms with Crippen LogP contribution in [0.25, 0.3) is 82.4 Å². The van der Waals surface area contributed by atoms with Crippen molar-refractivity contribution in [1.82, 2.24) is 9.05 Å². The molecule has 0 saturated carbocycles. The minimum Gasteiger partial charge on any atom is -0.456 e. The molecule has 0 spiro atoms. The molecule has 0 amide bonds. The number of nitrogens with zero attached hydrogens (tertiary/aromatic N) is 2. The van der Waals surface area contributed by atoms with E-state index in [0.717, 1.165) is 11.2 Å². The molecule has 6 heteroatoms. The molecule has 0 atom stereocenters. The molecule has 2 aliphatic heterocycles. The SMILES string of the molecule is CSc1cccc2c1c1c(SC)ccc3c1n2-c1c2c(cc4oc5ccccc5c14)-c1cccc4c5ccccc5n(c14)B23. The topological polar surface area (TPSA) is 23.0 Å². The van der Waals surface area contributed by atoms with Crippen molar-refractivity contribution in [1.29, 1.82) is 0 Å². The number of furan rings is 1. The first kappa shape index (κ1) is 23.9. The summed E-state index contributed by atoms with van der Waals surface area (Å²) in [4.78, 5) is 2.63. The summed E-state index contributed by atoms with van der Waals surface area (Å²) in [5.74, 6) is 0. The fraction of sp³-hybridized carbons (Fsp3) is 0.0526. The van der Waals surface area contributed by atoms with Gasteiger partial charge in [0.25, 0.3) is 0 Å². The molecular formula is C38H23BN2OS2. The molecule has 44 heavy (non-hydrogen) atoms. The molecule has 5 heterocycles. The molecule has 3 aromatic heterocycles. The van der Waals surface area contributed by atoms with Gasteiger partial charge in [0.2, 0.25) is 0 Å². The monoisotopic (exact) mass is 598 g/mol. The van der Waals surface area contributed by atoms with Gasteiger partial charge in [-0.3, -0.25) is 0 Å². The summed E-state index contributed by atoms with van der Waals surface area (Å²) >= 11 is 3.68. The minimum absolute atomic E-state index is 0.0308. The summed E-state index contributed by atoms with van der Waals surface area (Å²) in [6.07, 6.45) is 4.41. The molecule has 2 aliphatic rings. The van der Waals surface area contributed by atoms with Crippen molar-refractivity contribution in [2.45, 2.75) is 9.79 Å². The van der Waals surface area contributed by atoms with Gasteiger partial charge in [-0.05, 0) is 65.4 Å². The van der Waals surface area contributed by atoms with Crippen LogP contribution in [0.5, 0.6) is 0 Å². The molecule has 0 fully saturated rings. The van der Waals surface area contributed by atoms with Crippen LogP contribution in [0.2, 0.25) is 0 Å². The average Bonchev–Trinajstić information content (AvgIpc) is 3.73. The third kappa shape index (κ3) is 2.60. The van der Waals surface area contributed by atoms with Crippen molar-refractivity contribution >= 4 is 107 Å². The summed E-state index contributed by atoms with van der Waals surface area (Å²) in [7, 11) is 0. The van der Waals surface area contributed by atoms with Crippen molar-refractivity contribution in [2.75, 3.05) is 12.5 Å². The van der Waals surface area contributed by atoms with Crippen LogP contribution in [0.4, 0.5) is 0 Å². The van der Waals surface area contributed by atoms with Crippen molar-refractivity contribution in [3.05, 3.63) is 103 Å².